The Bertz CT molecular complexity index is 461. The Labute approximate surface area is 104 Å². The second kappa shape index (κ2) is 5.22. The number of aliphatic hydroxyl groups excluding tert-OH is 1. The lowest BCUT2D eigenvalue weighted by Crippen LogP contribution is -2.32. The zero-order valence-corrected chi connectivity index (χ0v) is 10.3. The molecular weight excluding hydrogens is 239 g/mol. The summed E-state index contributed by atoms with van der Waals surface area (Å²) in [5, 5.41) is 20.6. The van der Waals surface area contributed by atoms with Crippen LogP contribution in [-0.2, 0) is 0 Å². The molecule has 0 saturated heterocycles. The lowest BCUT2D eigenvalue weighted by molar-refractivity contribution is 0.0692. The van der Waals surface area contributed by atoms with Crippen molar-refractivity contribution in [1.29, 1.82) is 0 Å². The molecule has 0 spiro atoms. The number of anilines is 2. The van der Waals surface area contributed by atoms with Gasteiger partial charge < -0.3 is 21.3 Å². The fourth-order valence-electron chi connectivity index (χ4n) is 1.57. The summed E-state index contributed by atoms with van der Waals surface area (Å²) in [6, 6.07) is 2.13. The number of carboxylic acids is 1. The minimum Gasteiger partial charge on any atom is -0.478 e. The Hall–Kier alpha value is -1.82. The van der Waals surface area contributed by atoms with E-state index in [-0.39, 0.29) is 12.3 Å². The first-order valence-electron chi connectivity index (χ1n) is 5.48. The van der Waals surface area contributed by atoms with Crippen molar-refractivity contribution >= 4 is 17.3 Å². The van der Waals surface area contributed by atoms with Crippen LogP contribution in [0.4, 0.5) is 15.8 Å². The Morgan fingerprint density at radius 1 is 1.50 bits per heavy atom. The van der Waals surface area contributed by atoms with Gasteiger partial charge in [0.25, 0.3) is 0 Å². The molecule has 0 radical (unpaired) electrons. The summed E-state index contributed by atoms with van der Waals surface area (Å²) in [6.07, 6.45) is 0.453. The second-order valence-electron chi connectivity index (χ2n) is 4.71. The van der Waals surface area contributed by atoms with Gasteiger partial charge in [-0.1, -0.05) is 0 Å². The monoisotopic (exact) mass is 256 g/mol. The molecule has 5 nitrogen and oxygen atoms in total. The molecule has 0 unspecified atom stereocenters. The second-order valence-corrected chi connectivity index (χ2v) is 4.71. The predicted octanol–water partition coefficient (Wildman–Crippen LogP) is 1.68. The minimum atomic E-state index is -1.36. The van der Waals surface area contributed by atoms with E-state index in [1.165, 1.54) is 0 Å². The molecule has 0 heterocycles. The lowest BCUT2D eigenvalue weighted by Gasteiger charge is -2.27. The van der Waals surface area contributed by atoms with Crippen LogP contribution in [0.25, 0.3) is 0 Å². The van der Waals surface area contributed by atoms with Crippen molar-refractivity contribution in [1.82, 2.24) is 0 Å². The van der Waals surface area contributed by atoms with Crippen LogP contribution in [0.3, 0.4) is 0 Å². The average molecular weight is 256 g/mol. The molecule has 0 saturated carbocycles. The van der Waals surface area contributed by atoms with Crippen molar-refractivity contribution < 1.29 is 19.4 Å². The van der Waals surface area contributed by atoms with Crippen molar-refractivity contribution in [3.8, 4) is 0 Å². The van der Waals surface area contributed by atoms with Gasteiger partial charge in [-0.3, -0.25) is 0 Å². The Kier molecular flexibility index (Phi) is 4.13. The summed E-state index contributed by atoms with van der Waals surface area (Å²) in [6.45, 7) is 3.63. The highest BCUT2D eigenvalue weighted by molar-refractivity contribution is 5.90. The Morgan fingerprint density at radius 3 is 2.61 bits per heavy atom. The van der Waals surface area contributed by atoms with Crippen LogP contribution in [0.2, 0.25) is 0 Å². The smallest absolute Gasteiger partial charge is 0.338 e. The molecule has 1 rings (SSSR count). The predicted molar refractivity (Wildman–Crippen MR) is 67.2 cm³/mol. The van der Waals surface area contributed by atoms with Crippen LogP contribution in [0.5, 0.6) is 0 Å². The van der Waals surface area contributed by atoms with E-state index in [0.717, 1.165) is 12.1 Å². The van der Waals surface area contributed by atoms with E-state index >= 15 is 0 Å². The van der Waals surface area contributed by atoms with Gasteiger partial charge in [-0.25, -0.2) is 9.18 Å². The molecule has 0 aliphatic heterocycles. The van der Waals surface area contributed by atoms with Crippen molar-refractivity contribution in [3.05, 3.63) is 23.5 Å². The van der Waals surface area contributed by atoms with E-state index in [1.807, 2.05) is 13.8 Å². The van der Waals surface area contributed by atoms with Crippen LogP contribution in [0.15, 0.2) is 12.1 Å². The van der Waals surface area contributed by atoms with Crippen molar-refractivity contribution in [2.75, 3.05) is 17.7 Å². The fraction of sp³-hybridized carbons (Fsp3) is 0.417. The van der Waals surface area contributed by atoms with Crippen molar-refractivity contribution in [2.24, 2.45) is 0 Å². The van der Waals surface area contributed by atoms with Gasteiger partial charge in [-0.05, 0) is 32.4 Å². The van der Waals surface area contributed by atoms with E-state index in [9.17, 15) is 9.18 Å². The van der Waals surface area contributed by atoms with Gasteiger partial charge in [0.15, 0.2) is 0 Å². The Morgan fingerprint density at radius 2 is 2.11 bits per heavy atom. The number of rotatable bonds is 5. The molecule has 0 fully saturated rings. The van der Waals surface area contributed by atoms with E-state index in [1.54, 1.807) is 0 Å². The zero-order valence-electron chi connectivity index (χ0n) is 10.3. The van der Waals surface area contributed by atoms with Gasteiger partial charge in [-0.15, -0.1) is 0 Å². The molecule has 1 aromatic rings. The number of aromatic carboxylic acids is 1. The maximum atomic E-state index is 13.5. The van der Waals surface area contributed by atoms with Crippen LogP contribution in [0, 0.1) is 5.82 Å². The maximum Gasteiger partial charge on any atom is 0.338 e. The molecule has 0 aliphatic rings. The van der Waals surface area contributed by atoms with E-state index < -0.39 is 22.9 Å². The maximum absolute atomic E-state index is 13.5. The van der Waals surface area contributed by atoms with Gasteiger partial charge in [0.05, 0.1) is 16.9 Å². The highest BCUT2D eigenvalue weighted by Gasteiger charge is 2.20. The molecule has 0 aromatic heterocycles. The van der Waals surface area contributed by atoms with E-state index in [4.69, 9.17) is 15.9 Å². The SMILES string of the molecule is CC(C)(CCO)Nc1cc(F)c(C(=O)O)cc1N. The number of carbonyl (C=O) groups is 1. The first-order valence-corrected chi connectivity index (χ1v) is 5.48. The molecular formula is C12H17FN2O3. The summed E-state index contributed by atoms with van der Waals surface area (Å²) < 4.78 is 13.5. The van der Waals surface area contributed by atoms with Gasteiger partial charge in [0, 0.05) is 12.1 Å². The summed E-state index contributed by atoms with van der Waals surface area (Å²) in [5.41, 5.74) is 5.21. The van der Waals surface area contributed by atoms with E-state index in [0.29, 0.717) is 12.1 Å². The molecule has 1 aromatic carbocycles. The molecule has 5 N–H and O–H groups in total. The normalized spacial score (nSPS) is 11.3. The van der Waals surface area contributed by atoms with Crippen LogP contribution in [-0.4, -0.2) is 28.3 Å². The van der Waals surface area contributed by atoms with Crippen LogP contribution >= 0.6 is 0 Å². The third kappa shape index (κ3) is 3.33. The number of nitrogen functional groups attached to an aromatic ring is 1. The van der Waals surface area contributed by atoms with E-state index in [2.05, 4.69) is 5.32 Å². The first-order chi connectivity index (χ1) is 8.26. The lowest BCUT2D eigenvalue weighted by atomic mass is 10.00. The van der Waals surface area contributed by atoms with Crippen molar-refractivity contribution in [3.63, 3.8) is 0 Å². The van der Waals surface area contributed by atoms with Gasteiger partial charge in [0.2, 0.25) is 0 Å². The number of nitrogens with one attached hydrogen (secondary N) is 1. The first kappa shape index (κ1) is 14.2. The average Bonchev–Trinajstić information content (AvgIpc) is 2.21. The number of hydrogen-bond donors (Lipinski definition) is 4. The summed E-state index contributed by atoms with van der Waals surface area (Å²) in [4.78, 5) is 10.7. The van der Waals surface area contributed by atoms with Crippen molar-refractivity contribution in [2.45, 2.75) is 25.8 Å². The highest BCUT2D eigenvalue weighted by atomic mass is 19.1. The fourth-order valence-corrected chi connectivity index (χ4v) is 1.57. The molecule has 6 heteroatoms. The quantitative estimate of drug-likeness (QED) is 0.601. The molecule has 18 heavy (non-hydrogen) atoms. The summed E-state index contributed by atoms with van der Waals surface area (Å²) in [5.74, 6) is -2.21. The topological polar surface area (TPSA) is 95.6 Å². The van der Waals surface area contributed by atoms with Gasteiger partial charge in [0.1, 0.15) is 5.82 Å². The third-order valence-corrected chi connectivity index (χ3v) is 2.58. The van der Waals surface area contributed by atoms with Gasteiger partial charge >= 0.3 is 5.97 Å². The molecule has 0 bridgehead atoms. The molecule has 0 atom stereocenters. The highest BCUT2D eigenvalue weighted by Crippen LogP contribution is 2.27. The number of halogens is 1. The number of aliphatic hydroxyl groups is 1. The molecule has 0 aliphatic carbocycles. The number of carboxylic acid groups (broad SMARTS) is 1. The third-order valence-electron chi connectivity index (χ3n) is 2.58. The molecule has 100 valence electrons. The Balaban J connectivity index is 3.05. The summed E-state index contributed by atoms with van der Waals surface area (Å²) in [7, 11) is 0. The standard InChI is InChI=1S/C12H17FN2O3/c1-12(2,3-4-16)15-10-6-8(13)7(11(17)18)5-9(10)14/h5-6,15-16H,3-4,14H2,1-2H3,(H,17,18). The largest absolute Gasteiger partial charge is 0.478 e. The summed E-state index contributed by atoms with van der Waals surface area (Å²) >= 11 is 0. The van der Waals surface area contributed by atoms with Gasteiger partial charge in [-0.2, -0.15) is 0 Å². The number of nitrogens with two attached hydrogens (primary N) is 1. The number of hydrogen-bond acceptors (Lipinski definition) is 4. The number of benzene rings is 1. The minimum absolute atomic E-state index is 0.0183. The van der Waals surface area contributed by atoms with Crippen LogP contribution in [0.1, 0.15) is 30.6 Å². The molecule has 0 amide bonds. The zero-order chi connectivity index (χ0) is 13.9. The van der Waals surface area contributed by atoms with Crippen LogP contribution < -0.4 is 11.1 Å².